The fourth-order valence-corrected chi connectivity index (χ4v) is 7.13. The van der Waals surface area contributed by atoms with E-state index in [9.17, 15) is 4.79 Å². The van der Waals surface area contributed by atoms with E-state index in [0.29, 0.717) is 17.1 Å². The molecule has 6 atom stereocenters. The first-order chi connectivity index (χ1) is 11.4. The summed E-state index contributed by atoms with van der Waals surface area (Å²) in [5.74, 6) is 4.20. The molecule has 4 rings (SSSR count). The van der Waals surface area contributed by atoms with E-state index in [0.717, 1.165) is 36.4 Å². The van der Waals surface area contributed by atoms with Gasteiger partial charge in [0.15, 0.2) is 0 Å². The minimum atomic E-state index is 0.261. The van der Waals surface area contributed by atoms with Crippen LogP contribution in [0, 0.1) is 34.5 Å². The van der Waals surface area contributed by atoms with Gasteiger partial charge in [0, 0.05) is 12.3 Å². The number of allylic oxidation sites excluding steroid dienone is 4. The Morgan fingerprint density at radius 2 is 1.96 bits per heavy atom. The minimum Gasteiger partial charge on any atom is -0.501 e. The number of ketones is 1. The number of hydrogen-bond donors (Lipinski definition) is 0. The third-order valence-corrected chi connectivity index (χ3v) is 8.49. The van der Waals surface area contributed by atoms with E-state index in [1.165, 1.54) is 37.7 Å². The first kappa shape index (κ1) is 16.4. The zero-order valence-corrected chi connectivity index (χ0v) is 15.7. The Labute approximate surface area is 146 Å². The number of ether oxygens (including phenoxy) is 1. The Bertz CT molecular complexity index is 615. The summed E-state index contributed by atoms with van der Waals surface area (Å²) in [5, 5.41) is 0. The first-order valence-corrected chi connectivity index (χ1v) is 9.86. The van der Waals surface area contributed by atoms with Gasteiger partial charge in [0.25, 0.3) is 0 Å². The van der Waals surface area contributed by atoms with Gasteiger partial charge in [-0.15, -0.1) is 0 Å². The van der Waals surface area contributed by atoms with Crippen molar-refractivity contribution in [1.82, 2.24) is 0 Å². The maximum atomic E-state index is 12.2. The molecule has 4 aliphatic carbocycles. The number of Topliss-reactive ketones (excluding diaryl/α,β-unsaturated/α-hetero) is 1. The van der Waals surface area contributed by atoms with Crippen LogP contribution in [0.3, 0.4) is 0 Å². The number of fused-ring (bicyclic) bond motifs is 5. The molecule has 4 unspecified atom stereocenters. The second-order valence-corrected chi connectivity index (χ2v) is 9.29. The van der Waals surface area contributed by atoms with Gasteiger partial charge < -0.3 is 4.74 Å². The van der Waals surface area contributed by atoms with Crippen molar-refractivity contribution in [3.05, 3.63) is 23.5 Å². The molecule has 0 aromatic heterocycles. The first-order valence-electron chi connectivity index (χ1n) is 9.86. The van der Waals surface area contributed by atoms with Crippen LogP contribution in [0.4, 0.5) is 0 Å². The second kappa shape index (κ2) is 5.47. The lowest BCUT2D eigenvalue weighted by atomic mass is 9.48. The maximum Gasteiger partial charge on any atom is 0.133 e. The highest BCUT2D eigenvalue weighted by Gasteiger charge is 2.58. The molecule has 2 heteroatoms. The van der Waals surface area contributed by atoms with Crippen molar-refractivity contribution in [3.63, 3.8) is 0 Å². The molecule has 0 radical (unpaired) electrons. The van der Waals surface area contributed by atoms with Crippen molar-refractivity contribution in [2.75, 3.05) is 7.11 Å². The van der Waals surface area contributed by atoms with Crippen molar-refractivity contribution >= 4 is 5.78 Å². The fraction of sp³-hybridized carbons (Fsp3) is 0.773. The van der Waals surface area contributed by atoms with Crippen molar-refractivity contribution in [1.29, 1.82) is 0 Å². The number of carbonyl (C=O) groups excluding carboxylic acids is 1. The van der Waals surface area contributed by atoms with Crippen LogP contribution in [-0.4, -0.2) is 12.9 Å². The van der Waals surface area contributed by atoms with Gasteiger partial charge in [0.2, 0.25) is 0 Å². The molecule has 0 bridgehead atoms. The number of methoxy groups -OCH3 is 1. The van der Waals surface area contributed by atoms with Crippen molar-refractivity contribution in [3.8, 4) is 0 Å². The van der Waals surface area contributed by atoms with E-state index >= 15 is 0 Å². The highest BCUT2D eigenvalue weighted by molar-refractivity contribution is 5.79. The SMILES string of the molecule is COC1=CC2=CCC3C4CC[C@H](C(C)=O)C4(C)CCC3[C@@]2(C)CC1. The Morgan fingerprint density at radius 1 is 1.17 bits per heavy atom. The van der Waals surface area contributed by atoms with Crippen molar-refractivity contribution in [2.45, 2.75) is 65.7 Å². The van der Waals surface area contributed by atoms with Gasteiger partial charge in [-0.25, -0.2) is 0 Å². The van der Waals surface area contributed by atoms with E-state index < -0.39 is 0 Å². The monoisotopic (exact) mass is 328 g/mol. The Balaban J connectivity index is 1.68. The quantitative estimate of drug-likeness (QED) is 0.688. The van der Waals surface area contributed by atoms with Gasteiger partial charge in [-0.3, -0.25) is 4.79 Å². The van der Waals surface area contributed by atoms with Crippen molar-refractivity contribution in [2.24, 2.45) is 34.5 Å². The molecule has 2 fully saturated rings. The van der Waals surface area contributed by atoms with E-state index in [1.54, 1.807) is 7.11 Å². The molecule has 0 N–H and O–H groups in total. The van der Waals surface area contributed by atoms with Crippen LogP contribution in [0.15, 0.2) is 23.5 Å². The van der Waals surface area contributed by atoms with Gasteiger partial charge >= 0.3 is 0 Å². The number of rotatable bonds is 2. The third kappa shape index (κ3) is 2.10. The summed E-state index contributed by atoms with van der Waals surface area (Å²) in [7, 11) is 1.80. The van der Waals surface area contributed by atoms with Crippen LogP contribution in [0.25, 0.3) is 0 Å². The third-order valence-electron chi connectivity index (χ3n) is 8.49. The summed E-state index contributed by atoms with van der Waals surface area (Å²) in [6, 6.07) is 0. The molecule has 0 spiro atoms. The van der Waals surface area contributed by atoms with Gasteiger partial charge in [0.1, 0.15) is 5.78 Å². The van der Waals surface area contributed by atoms with Crippen LogP contribution in [0.5, 0.6) is 0 Å². The van der Waals surface area contributed by atoms with Crippen LogP contribution in [0.2, 0.25) is 0 Å². The molecule has 4 aliphatic rings. The second-order valence-electron chi connectivity index (χ2n) is 9.29. The van der Waals surface area contributed by atoms with Crippen LogP contribution in [-0.2, 0) is 9.53 Å². The highest BCUT2D eigenvalue weighted by Crippen LogP contribution is 2.66. The summed E-state index contributed by atoms with van der Waals surface area (Å²) < 4.78 is 5.53. The number of carbonyl (C=O) groups is 1. The predicted molar refractivity (Wildman–Crippen MR) is 96.3 cm³/mol. The molecule has 0 aromatic carbocycles. The summed E-state index contributed by atoms with van der Waals surface area (Å²) in [6.45, 7) is 6.75. The lowest BCUT2D eigenvalue weighted by Crippen LogP contribution is -2.49. The molecule has 132 valence electrons. The Morgan fingerprint density at radius 3 is 2.67 bits per heavy atom. The smallest absolute Gasteiger partial charge is 0.133 e. The lowest BCUT2D eigenvalue weighted by molar-refractivity contribution is -0.127. The van der Waals surface area contributed by atoms with Gasteiger partial charge in [-0.1, -0.05) is 19.9 Å². The Hall–Kier alpha value is -1.05. The zero-order chi connectivity index (χ0) is 17.1. The summed E-state index contributed by atoms with van der Waals surface area (Å²) in [6.07, 6.45) is 13.3. The summed E-state index contributed by atoms with van der Waals surface area (Å²) >= 11 is 0. The lowest BCUT2D eigenvalue weighted by Gasteiger charge is -2.56. The normalized spacial score (nSPS) is 47.0. The highest BCUT2D eigenvalue weighted by atomic mass is 16.5. The van der Waals surface area contributed by atoms with Crippen LogP contribution >= 0.6 is 0 Å². The molecular weight excluding hydrogens is 296 g/mol. The molecule has 0 saturated heterocycles. The van der Waals surface area contributed by atoms with E-state index in [1.807, 2.05) is 6.92 Å². The van der Waals surface area contributed by atoms with E-state index in [-0.39, 0.29) is 5.41 Å². The average Bonchev–Trinajstić information content (AvgIpc) is 2.91. The number of hydrogen-bond acceptors (Lipinski definition) is 2. The van der Waals surface area contributed by atoms with E-state index in [2.05, 4.69) is 26.0 Å². The molecule has 0 aliphatic heterocycles. The molecule has 0 heterocycles. The molecular formula is C22H32O2. The Kier molecular flexibility index (Phi) is 3.75. The van der Waals surface area contributed by atoms with Crippen LogP contribution in [0.1, 0.15) is 65.7 Å². The summed E-state index contributed by atoms with van der Waals surface area (Å²) in [5.41, 5.74) is 2.11. The largest absolute Gasteiger partial charge is 0.501 e. The van der Waals surface area contributed by atoms with Crippen LogP contribution < -0.4 is 0 Å². The molecule has 2 nitrogen and oxygen atoms in total. The minimum absolute atomic E-state index is 0.261. The molecule has 0 amide bonds. The predicted octanol–water partition coefficient (Wildman–Crippen LogP) is 5.29. The van der Waals surface area contributed by atoms with Crippen molar-refractivity contribution < 1.29 is 9.53 Å². The maximum absolute atomic E-state index is 12.2. The molecule has 2 saturated carbocycles. The zero-order valence-electron chi connectivity index (χ0n) is 15.7. The molecule has 0 aromatic rings. The van der Waals surface area contributed by atoms with Gasteiger partial charge in [-0.2, -0.15) is 0 Å². The van der Waals surface area contributed by atoms with Gasteiger partial charge in [0.05, 0.1) is 12.9 Å². The fourth-order valence-electron chi connectivity index (χ4n) is 7.13. The topological polar surface area (TPSA) is 26.3 Å². The van der Waals surface area contributed by atoms with E-state index in [4.69, 9.17) is 4.74 Å². The standard InChI is InChI=1S/C22H32O2/c1-14(23)18-7-8-19-17-6-5-15-13-16(24-4)9-11-21(15,2)20(17)10-12-22(18,19)3/h5,13,17-20H,6-12H2,1-4H3/t17?,18-,19?,20?,21+,22?/m1/s1. The molecule has 24 heavy (non-hydrogen) atoms. The summed E-state index contributed by atoms with van der Waals surface area (Å²) in [4.78, 5) is 12.2. The van der Waals surface area contributed by atoms with Gasteiger partial charge in [-0.05, 0) is 85.7 Å². The average molecular weight is 328 g/mol.